The summed E-state index contributed by atoms with van der Waals surface area (Å²) in [5.41, 5.74) is 6.31. The lowest BCUT2D eigenvalue weighted by atomic mass is 10.1. The minimum Gasteiger partial charge on any atom is -0.481 e. The van der Waals surface area contributed by atoms with Gasteiger partial charge in [0.05, 0.1) is 18.1 Å². The highest BCUT2D eigenvalue weighted by Gasteiger charge is 2.25. The van der Waals surface area contributed by atoms with Crippen LogP contribution < -0.4 is 16.4 Å². The minimum absolute atomic E-state index is 0.167. The summed E-state index contributed by atoms with van der Waals surface area (Å²) < 4.78 is 0. The van der Waals surface area contributed by atoms with Crippen LogP contribution >= 0.6 is 0 Å². The lowest BCUT2D eigenvalue weighted by Crippen LogP contribution is -2.53. The Balaban J connectivity index is 2.52. The average molecular weight is 355 g/mol. The summed E-state index contributed by atoms with van der Waals surface area (Å²) >= 11 is 0. The third-order valence-corrected chi connectivity index (χ3v) is 3.33. The van der Waals surface area contributed by atoms with Crippen LogP contribution in [0.25, 0.3) is 0 Å². The first kappa shape index (κ1) is 20.1. The molecule has 0 fully saturated rings. The minimum atomic E-state index is -1.36. The second-order valence-electron chi connectivity index (χ2n) is 5.43. The maximum absolute atomic E-state index is 12.0. The summed E-state index contributed by atoms with van der Waals surface area (Å²) in [5, 5.41) is 22.2. The van der Waals surface area contributed by atoms with Crippen LogP contribution in [0.2, 0.25) is 0 Å². The Morgan fingerprint density at radius 1 is 1.24 bits per heavy atom. The van der Waals surface area contributed by atoms with Gasteiger partial charge in [-0.15, -0.1) is 0 Å². The van der Waals surface area contributed by atoms with Crippen molar-refractivity contribution in [1.29, 1.82) is 0 Å². The van der Waals surface area contributed by atoms with Crippen LogP contribution in [0.15, 0.2) is 12.5 Å². The van der Waals surface area contributed by atoms with Gasteiger partial charge < -0.3 is 31.6 Å². The second kappa shape index (κ2) is 9.37. The molecule has 0 unspecified atom stereocenters. The number of carboxylic acids is 2. The van der Waals surface area contributed by atoms with Crippen molar-refractivity contribution in [3.63, 3.8) is 0 Å². The maximum Gasteiger partial charge on any atom is 0.326 e. The molecule has 25 heavy (non-hydrogen) atoms. The number of aliphatic carboxylic acids is 2. The van der Waals surface area contributed by atoms with Crippen molar-refractivity contribution < 1.29 is 29.4 Å². The Morgan fingerprint density at radius 3 is 2.44 bits per heavy atom. The molecule has 7 N–H and O–H groups in total. The average Bonchev–Trinajstić information content (AvgIpc) is 3.03. The molecule has 11 nitrogen and oxygen atoms in total. The van der Waals surface area contributed by atoms with E-state index in [-0.39, 0.29) is 12.8 Å². The van der Waals surface area contributed by atoms with Gasteiger partial charge in [0.15, 0.2) is 0 Å². The molecule has 1 rings (SSSR count). The third kappa shape index (κ3) is 6.99. The van der Waals surface area contributed by atoms with Gasteiger partial charge in [-0.05, 0) is 13.3 Å². The predicted octanol–water partition coefficient (Wildman–Crippen LogP) is -1.78. The largest absolute Gasteiger partial charge is 0.481 e. The molecule has 0 aliphatic heterocycles. The standard InChI is InChI=1S/C14H21N5O6/c1-7(12(22)19-10(14(24)25)2-3-11(20)21)18-13(23)9(15)4-8-5-16-6-17-8/h5-7,9-10H,2-4,15H2,1H3,(H,16,17)(H,18,23)(H,19,22)(H,20,21)(H,24,25)/t7-,9-,10+/m0/s1. The van der Waals surface area contributed by atoms with Gasteiger partial charge in [0.2, 0.25) is 11.8 Å². The number of rotatable bonds is 10. The zero-order valence-electron chi connectivity index (χ0n) is 13.6. The van der Waals surface area contributed by atoms with E-state index < -0.39 is 48.3 Å². The van der Waals surface area contributed by atoms with Crippen molar-refractivity contribution in [3.05, 3.63) is 18.2 Å². The third-order valence-electron chi connectivity index (χ3n) is 3.33. The van der Waals surface area contributed by atoms with Crippen LogP contribution in [-0.2, 0) is 25.6 Å². The zero-order chi connectivity index (χ0) is 19.0. The SMILES string of the molecule is C[C@H](NC(=O)[C@@H](N)Cc1c[nH]cn1)C(=O)N[C@H](CCC(=O)O)C(=O)O. The monoisotopic (exact) mass is 355 g/mol. The first-order chi connectivity index (χ1) is 11.7. The van der Waals surface area contributed by atoms with Gasteiger partial charge in [-0.25, -0.2) is 9.78 Å². The Hall–Kier alpha value is -2.95. The summed E-state index contributed by atoms with van der Waals surface area (Å²) in [6.45, 7) is 1.37. The molecule has 11 heteroatoms. The Kier molecular flexibility index (Phi) is 7.53. The number of H-pyrrole nitrogens is 1. The number of aromatic nitrogens is 2. The topological polar surface area (TPSA) is 187 Å². The molecule has 138 valence electrons. The highest BCUT2D eigenvalue weighted by atomic mass is 16.4. The highest BCUT2D eigenvalue weighted by molar-refractivity contribution is 5.91. The molecule has 0 aromatic carbocycles. The van der Waals surface area contributed by atoms with Crippen LogP contribution in [-0.4, -0.2) is 62.1 Å². The fourth-order valence-corrected chi connectivity index (χ4v) is 1.93. The number of nitrogens with zero attached hydrogens (tertiary/aromatic N) is 1. The molecule has 0 radical (unpaired) electrons. The summed E-state index contributed by atoms with van der Waals surface area (Å²) in [6.07, 6.45) is 2.52. The maximum atomic E-state index is 12.0. The molecule has 1 heterocycles. The number of nitrogens with two attached hydrogens (primary N) is 1. The van der Waals surface area contributed by atoms with Crippen LogP contribution in [0.5, 0.6) is 0 Å². The van der Waals surface area contributed by atoms with E-state index in [0.717, 1.165) is 0 Å². The summed E-state index contributed by atoms with van der Waals surface area (Å²) in [7, 11) is 0. The van der Waals surface area contributed by atoms with Crippen molar-refractivity contribution in [1.82, 2.24) is 20.6 Å². The quantitative estimate of drug-likeness (QED) is 0.284. The van der Waals surface area contributed by atoms with E-state index in [0.29, 0.717) is 5.69 Å². The molecular weight excluding hydrogens is 334 g/mol. The van der Waals surface area contributed by atoms with E-state index in [1.807, 2.05) is 0 Å². The fraction of sp³-hybridized carbons (Fsp3) is 0.500. The van der Waals surface area contributed by atoms with Gasteiger partial charge in [-0.2, -0.15) is 0 Å². The Bertz CT molecular complexity index is 617. The predicted molar refractivity (Wildman–Crippen MR) is 84.3 cm³/mol. The molecular formula is C14H21N5O6. The number of amides is 2. The van der Waals surface area contributed by atoms with Gasteiger partial charge in [-0.3, -0.25) is 14.4 Å². The Morgan fingerprint density at radius 2 is 1.92 bits per heavy atom. The number of imidazole rings is 1. The number of hydrogen-bond donors (Lipinski definition) is 6. The van der Waals surface area contributed by atoms with Gasteiger partial charge >= 0.3 is 11.9 Å². The van der Waals surface area contributed by atoms with Gasteiger partial charge in [0.25, 0.3) is 0 Å². The number of aromatic amines is 1. The van der Waals surface area contributed by atoms with Crippen LogP contribution in [0, 0.1) is 0 Å². The molecule has 0 bridgehead atoms. The normalized spacial score (nSPS) is 14.2. The number of carboxylic acid groups (broad SMARTS) is 2. The van der Waals surface area contributed by atoms with E-state index in [4.69, 9.17) is 15.9 Å². The Labute approximate surface area is 143 Å². The molecule has 1 aromatic rings. The van der Waals surface area contributed by atoms with E-state index in [2.05, 4.69) is 20.6 Å². The van der Waals surface area contributed by atoms with Crippen LogP contribution in [0.3, 0.4) is 0 Å². The van der Waals surface area contributed by atoms with E-state index in [9.17, 15) is 19.2 Å². The van der Waals surface area contributed by atoms with Crippen LogP contribution in [0.4, 0.5) is 0 Å². The van der Waals surface area contributed by atoms with Crippen molar-refractivity contribution in [2.45, 2.75) is 44.3 Å². The summed E-state index contributed by atoms with van der Waals surface area (Å²) in [6, 6.07) is -3.33. The molecule has 3 atom stereocenters. The lowest BCUT2D eigenvalue weighted by Gasteiger charge is -2.19. The first-order valence-electron chi connectivity index (χ1n) is 7.49. The molecule has 2 amide bonds. The second-order valence-corrected chi connectivity index (χ2v) is 5.43. The van der Waals surface area contributed by atoms with Crippen molar-refractivity contribution >= 4 is 23.8 Å². The summed E-state index contributed by atoms with van der Waals surface area (Å²) in [5.74, 6) is -3.88. The van der Waals surface area contributed by atoms with Crippen molar-refractivity contribution in [3.8, 4) is 0 Å². The van der Waals surface area contributed by atoms with Crippen LogP contribution in [0.1, 0.15) is 25.5 Å². The number of nitrogens with one attached hydrogen (secondary N) is 3. The molecule has 0 saturated heterocycles. The number of carbonyl (C=O) groups excluding carboxylic acids is 2. The van der Waals surface area contributed by atoms with E-state index >= 15 is 0 Å². The number of hydrogen-bond acceptors (Lipinski definition) is 6. The van der Waals surface area contributed by atoms with Gasteiger partial charge in [-0.1, -0.05) is 0 Å². The number of carbonyl (C=O) groups is 4. The fourth-order valence-electron chi connectivity index (χ4n) is 1.93. The first-order valence-corrected chi connectivity index (χ1v) is 7.49. The van der Waals surface area contributed by atoms with Crippen molar-refractivity contribution in [2.75, 3.05) is 0 Å². The van der Waals surface area contributed by atoms with Crippen molar-refractivity contribution in [2.24, 2.45) is 5.73 Å². The molecule has 0 aliphatic carbocycles. The summed E-state index contributed by atoms with van der Waals surface area (Å²) in [4.78, 5) is 52.2. The van der Waals surface area contributed by atoms with Gasteiger partial charge in [0, 0.05) is 19.0 Å². The van der Waals surface area contributed by atoms with E-state index in [1.54, 1.807) is 6.20 Å². The molecule has 0 aliphatic rings. The van der Waals surface area contributed by atoms with E-state index in [1.165, 1.54) is 13.3 Å². The molecule has 1 aromatic heterocycles. The zero-order valence-corrected chi connectivity index (χ0v) is 13.6. The smallest absolute Gasteiger partial charge is 0.326 e. The molecule has 0 spiro atoms. The lowest BCUT2D eigenvalue weighted by molar-refractivity contribution is -0.143. The molecule has 0 saturated carbocycles. The van der Waals surface area contributed by atoms with Gasteiger partial charge in [0.1, 0.15) is 12.1 Å². The highest BCUT2D eigenvalue weighted by Crippen LogP contribution is 2.00.